The maximum Gasteiger partial charge on any atom is 0.573 e. The van der Waals surface area contributed by atoms with Crippen LogP contribution >= 0.6 is 0 Å². The average molecular weight is 297 g/mol. The lowest BCUT2D eigenvalue weighted by Crippen LogP contribution is -2.17. The van der Waals surface area contributed by atoms with Crippen molar-refractivity contribution in [3.05, 3.63) is 36.2 Å². The van der Waals surface area contributed by atoms with E-state index in [1.54, 1.807) is 19.2 Å². The zero-order valence-corrected chi connectivity index (χ0v) is 11.5. The molecule has 4 nitrogen and oxygen atoms in total. The Kier molecular flexibility index (Phi) is 4.30. The van der Waals surface area contributed by atoms with E-state index in [2.05, 4.69) is 20.0 Å². The van der Waals surface area contributed by atoms with Gasteiger partial charge in [0.1, 0.15) is 17.4 Å². The second kappa shape index (κ2) is 5.99. The van der Waals surface area contributed by atoms with Gasteiger partial charge in [0.05, 0.1) is 5.69 Å². The summed E-state index contributed by atoms with van der Waals surface area (Å²) in [6.07, 6.45) is -4.09. The number of hydrogen-bond donors (Lipinski definition) is 1. The molecule has 2 aromatic rings. The summed E-state index contributed by atoms with van der Waals surface area (Å²) in [7, 11) is 1.72. The molecule has 112 valence electrons. The number of aromatic nitrogens is 2. The summed E-state index contributed by atoms with van der Waals surface area (Å²) < 4.78 is 40.7. The van der Waals surface area contributed by atoms with Gasteiger partial charge in [0.15, 0.2) is 0 Å². The van der Waals surface area contributed by atoms with Gasteiger partial charge < -0.3 is 10.1 Å². The molecular formula is C14H14F3N3O. The van der Waals surface area contributed by atoms with Crippen LogP contribution in [0.4, 0.5) is 19.0 Å². The van der Waals surface area contributed by atoms with E-state index in [1.807, 2.05) is 6.92 Å². The Balaban J connectivity index is 2.40. The van der Waals surface area contributed by atoms with Gasteiger partial charge in [0.2, 0.25) is 0 Å². The second-order valence-electron chi connectivity index (χ2n) is 4.23. The molecule has 0 radical (unpaired) electrons. The molecule has 0 aliphatic rings. The van der Waals surface area contributed by atoms with Crippen molar-refractivity contribution in [1.82, 2.24) is 9.97 Å². The SMILES string of the molecule is CCc1nc(NC)cc(-c2cccc(OC(F)(F)F)c2)n1. The number of aryl methyl sites for hydroxylation is 1. The zero-order valence-electron chi connectivity index (χ0n) is 11.5. The van der Waals surface area contributed by atoms with Gasteiger partial charge in [-0.05, 0) is 12.1 Å². The number of halogens is 3. The molecule has 0 bridgehead atoms. The van der Waals surface area contributed by atoms with Gasteiger partial charge in [-0.1, -0.05) is 19.1 Å². The summed E-state index contributed by atoms with van der Waals surface area (Å²) in [6, 6.07) is 7.38. The lowest BCUT2D eigenvalue weighted by molar-refractivity contribution is -0.274. The Hall–Kier alpha value is -2.31. The first kappa shape index (κ1) is 15.1. The van der Waals surface area contributed by atoms with E-state index in [1.165, 1.54) is 18.2 Å². The smallest absolute Gasteiger partial charge is 0.406 e. The van der Waals surface area contributed by atoms with Crippen LogP contribution < -0.4 is 10.1 Å². The Bertz CT molecular complexity index is 607. The van der Waals surface area contributed by atoms with Crippen molar-refractivity contribution in [3.63, 3.8) is 0 Å². The molecule has 0 fully saturated rings. The highest BCUT2D eigenvalue weighted by molar-refractivity contribution is 5.64. The molecule has 1 aromatic heterocycles. The normalized spacial score (nSPS) is 11.3. The Morgan fingerprint density at radius 3 is 2.57 bits per heavy atom. The molecule has 7 heteroatoms. The molecule has 1 heterocycles. The van der Waals surface area contributed by atoms with Crippen molar-refractivity contribution in [2.45, 2.75) is 19.7 Å². The van der Waals surface area contributed by atoms with Crippen molar-refractivity contribution in [2.75, 3.05) is 12.4 Å². The third-order valence-electron chi connectivity index (χ3n) is 2.71. The van der Waals surface area contributed by atoms with Crippen LogP contribution in [0.2, 0.25) is 0 Å². The van der Waals surface area contributed by atoms with E-state index in [4.69, 9.17) is 0 Å². The molecule has 0 aliphatic heterocycles. The molecule has 0 spiro atoms. The minimum absolute atomic E-state index is 0.275. The average Bonchev–Trinajstić information content (AvgIpc) is 2.45. The van der Waals surface area contributed by atoms with Gasteiger partial charge in [-0.2, -0.15) is 0 Å². The maximum absolute atomic E-state index is 12.3. The number of nitrogens with zero attached hydrogens (tertiary/aromatic N) is 2. The molecule has 0 saturated heterocycles. The van der Waals surface area contributed by atoms with Crippen LogP contribution in [-0.2, 0) is 6.42 Å². The first-order valence-corrected chi connectivity index (χ1v) is 6.33. The Labute approximate surface area is 120 Å². The second-order valence-corrected chi connectivity index (χ2v) is 4.23. The fraction of sp³-hybridized carbons (Fsp3) is 0.286. The van der Waals surface area contributed by atoms with Gasteiger partial charge in [-0.3, -0.25) is 0 Å². The fourth-order valence-corrected chi connectivity index (χ4v) is 1.78. The van der Waals surface area contributed by atoms with E-state index in [0.717, 1.165) is 0 Å². The van der Waals surface area contributed by atoms with E-state index >= 15 is 0 Å². The van der Waals surface area contributed by atoms with E-state index in [0.29, 0.717) is 29.3 Å². The number of anilines is 1. The number of benzene rings is 1. The van der Waals surface area contributed by atoms with Gasteiger partial charge in [-0.25, -0.2) is 9.97 Å². The first-order chi connectivity index (χ1) is 9.91. The van der Waals surface area contributed by atoms with Gasteiger partial charge in [-0.15, -0.1) is 13.2 Å². The zero-order chi connectivity index (χ0) is 15.5. The molecule has 21 heavy (non-hydrogen) atoms. The molecule has 0 saturated carbocycles. The third kappa shape index (κ3) is 4.08. The van der Waals surface area contributed by atoms with Crippen molar-refractivity contribution in [2.24, 2.45) is 0 Å². The summed E-state index contributed by atoms with van der Waals surface area (Å²) in [4.78, 5) is 8.56. The maximum atomic E-state index is 12.3. The predicted molar refractivity (Wildman–Crippen MR) is 73.1 cm³/mol. The standard InChI is InChI=1S/C14H14F3N3O/c1-3-12-19-11(8-13(18-2)20-12)9-5-4-6-10(7-9)21-14(15,16)17/h4-8H,3H2,1-2H3,(H,18,19,20). The van der Waals surface area contributed by atoms with Crippen molar-refractivity contribution in [3.8, 4) is 17.0 Å². The van der Waals surface area contributed by atoms with Crippen LogP contribution in [0.1, 0.15) is 12.7 Å². The summed E-state index contributed by atoms with van der Waals surface area (Å²) in [5.74, 6) is 0.945. The first-order valence-electron chi connectivity index (χ1n) is 6.33. The van der Waals surface area contributed by atoms with Crippen LogP contribution in [0.15, 0.2) is 30.3 Å². The Morgan fingerprint density at radius 1 is 1.19 bits per heavy atom. The molecule has 0 unspecified atom stereocenters. The molecule has 0 amide bonds. The van der Waals surface area contributed by atoms with Gasteiger partial charge in [0.25, 0.3) is 0 Å². The number of hydrogen-bond acceptors (Lipinski definition) is 4. The fourth-order valence-electron chi connectivity index (χ4n) is 1.78. The minimum atomic E-state index is -4.71. The molecule has 0 aliphatic carbocycles. The predicted octanol–water partition coefficient (Wildman–Crippen LogP) is 3.65. The highest BCUT2D eigenvalue weighted by Gasteiger charge is 2.31. The van der Waals surface area contributed by atoms with Crippen molar-refractivity contribution >= 4 is 5.82 Å². The topological polar surface area (TPSA) is 47.0 Å². The highest BCUT2D eigenvalue weighted by Crippen LogP contribution is 2.28. The lowest BCUT2D eigenvalue weighted by Gasteiger charge is -2.11. The molecule has 0 atom stereocenters. The monoisotopic (exact) mass is 297 g/mol. The molecule has 1 aromatic carbocycles. The summed E-state index contributed by atoms with van der Waals surface area (Å²) in [5.41, 5.74) is 1.07. The highest BCUT2D eigenvalue weighted by atomic mass is 19.4. The Morgan fingerprint density at radius 2 is 1.95 bits per heavy atom. The summed E-state index contributed by atoms with van der Waals surface area (Å²) >= 11 is 0. The van der Waals surface area contributed by atoms with Crippen LogP contribution in [0, 0.1) is 0 Å². The number of rotatable bonds is 4. The summed E-state index contributed by atoms with van der Waals surface area (Å²) in [6.45, 7) is 1.90. The van der Waals surface area contributed by atoms with Crippen LogP contribution in [0.25, 0.3) is 11.3 Å². The lowest BCUT2D eigenvalue weighted by atomic mass is 10.1. The third-order valence-corrected chi connectivity index (χ3v) is 2.71. The molecular weight excluding hydrogens is 283 g/mol. The molecule has 1 N–H and O–H groups in total. The number of ether oxygens (including phenoxy) is 1. The quantitative estimate of drug-likeness (QED) is 0.936. The summed E-state index contributed by atoms with van der Waals surface area (Å²) in [5, 5.41) is 2.90. The number of alkyl halides is 3. The number of nitrogens with one attached hydrogen (secondary N) is 1. The van der Waals surface area contributed by atoms with E-state index in [9.17, 15) is 13.2 Å². The van der Waals surface area contributed by atoms with Crippen LogP contribution in [-0.4, -0.2) is 23.4 Å². The van der Waals surface area contributed by atoms with Gasteiger partial charge >= 0.3 is 6.36 Å². The van der Waals surface area contributed by atoms with E-state index < -0.39 is 6.36 Å². The minimum Gasteiger partial charge on any atom is -0.406 e. The largest absolute Gasteiger partial charge is 0.573 e. The van der Waals surface area contributed by atoms with Crippen LogP contribution in [0.3, 0.4) is 0 Å². The van der Waals surface area contributed by atoms with Crippen molar-refractivity contribution in [1.29, 1.82) is 0 Å². The van der Waals surface area contributed by atoms with Gasteiger partial charge in [0, 0.05) is 25.1 Å². The van der Waals surface area contributed by atoms with Crippen LogP contribution in [0.5, 0.6) is 5.75 Å². The van der Waals surface area contributed by atoms with E-state index in [-0.39, 0.29) is 5.75 Å². The molecule has 2 rings (SSSR count). The van der Waals surface area contributed by atoms with Crippen molar-refractivity contribution < 1.29 is 17.9 Å².